The summed E-state index contributed by atoms with van der Waals surface area (Å²) in [6, 6.07) is 1.96. The van der Waals surface area contributed by atoms with Crippen LogP contribution in [0.1, 0.15) is 32.5 Å². The third-order valence-electron chi connectivity index (χ3n) is 2.88. The SMILES string of the molecule is CCCc1nc(NC)cc(-c2cnn(CCC)c2)n1. The lowest BCUT2D eigenvalue weighted by atomic mass is 10.2. The normalized spacial score (nSPS) is 10.7. The summed E-state index contributed by atoms with van der Waals surface area (Å²) in [7, 11) is 1.88. The number of aromatic nitrogens is 4. The second-order valence-corrected chi connectivity index (χ2v) is 4.55. The van der Waals surface area contributed by atoms with Crippen LogP contribution in [-0.4, -0.2) is 26.8 Å². The van der Waals surface area contributed by atoms with Gasteiger partial charge in [0.1, 0.15) is 11.6 Å². The summed E-state index contributed by atoms with van der Waals surface area (Å²) in [5, 5.41) is 7.44. The van der Waals surface area contributed by atoms with Crippen LogP contribution in [-0.2, 0) is 13.0 Å². The number of hydrogen-bond donors (Lipinski definition) is 1. The topological polar surface area (TPSA) is 55.6 Å². The van der Waals surface area contributed by atoms with Crippen LogP contribution in [0.3, 0.4) is 0 Å². The van der Waals surface area contributed by atoms with E-state index in [-0.39, 0.29) is 0 Å². The summed E-state index contributed by atoms with van der Waals surface area (Å²) in [5.41, 5.74) is 1.98. The number of aryl methyl sites for hydroxylation is 2. The van der Waals surface area contributed by atoms with Crippen LogP contribution in [0.2, 0.25) is 0 Å². The van der Waals surface area contributed by atoms with E-state index in [0.29, 0.717) is 0 Å². The zero-order valence-corrected chi connectivity index (χ0v) is 11.8. The average Bonchev–Trinajstić information content (AvgIpc) is 2.88. The lowest BCUT2D eigenvalue weighted by Crippen LogP contribution is -2.01. The molecule has 102 valence electrons. The summed E-state index contributed by atoms with van der Waals surface area (Å²) in [6.45, 7) is 5.21. The van der Waals surface area contributed by atoms with Crippen LogP contribution in [0, 0.1) is 0 Å². The average molecular weight is 259 g/mol. The summed E-state index contributed by atoms with van der Waals surface area (Å²) in [5.74, 6) is 1.74. The molecule has 0 saturated carbocycles. The summed E-state index contributed by atoms with van der Waals surface area (Å²) in [6.07, 6.45) is 6.93. The van der Waals surface area contributed by atoms with Crippen molar-refractivity contribution in [2.45, 2.75) is 39.7 Å². The van der Waals surface area contributed by atoms with Crippen molar-refractivity contribution in [3.63, 3.8) is 0 Å². The first kappa shape index (κ1) is 13.5. The monoisotopic (exact) mass is 259 g/mol. The van der Waals surface area contributed by atoms with Crippen LogP contribution < -0.4 is 5.32 Å². The number of nitrogens with zero attached hydrogens (tertiary/aromatic N) is 4. The molecule has 0 spiro atoms. The Kier molecular flexibility index (Phi) is 4.49. The van der Waals surface area contributed by atoms with Gasteiger partial charge >= 0.3 is 0 Å². The standard InChI is InChI=1S/C14H21N5/c1-4-6-13-17-12(8-14(15-3)18-13)11-9-16-19(10-11)7-5-2/h8-10H,4-7H2,1-3H3,(H,15,17,18). The number of anilines is 1. The Morgan fingerprint density at radius 3 is 2.74 bits per heavy atom. The third-order valence-corrected chi connectivity index (χ3v) is 2.88. The van der Waals surface area contributed by atoms with Crippen LogP contribution >= 0.6 is 0 Å². The van der Waals surface area contributed by atoms with Crippen LogP contribution in [0.4, 0.5) is 5.82 Å². The second kappa shape index (κ2) is 6.31. The molecule has 2 aromatic heterocycles. The molecular formula is C14H21N5. The van der Waals surface area contributed by atoms with Crippen molar-refractivity contribution in [3.05, 3.63) is 24.3 Å². The van der Waals surface area contributed by atoms with Gasteiger partial charge < -0.3 is 5.32 Å². The molecule has 0 radical (unpaired) electrons. The predicted octanol–water partition coefficient (Wildman–Crippen LogP) is 2.74. The van der Waals surface area contributed by atoms with Crippen molar-refractivity contribution in [1.82, 2.24) is 19.7 Å². The van der Waals surface area contributed by atoms with E-state index in [0.717, 1.165) is 48.7 Å². The van der Waals surface area contributed by atoms with Gasteiger partial charge in [-0.05, 0) is 12.8 Å². The second-order valence-electron chi connectivity index (χ2n) is 4.55. The Morgan fingerprint density at radius 2 is 2.05 bits per heavy atom. The fourth-order valence-corrected chi connectivity index (χ4v) is 1.96. The van der Waals surface area contributed by atoms with E-state index in [1.165, 1.54) is 0 Å². The molecule has 0 atom stereocenters. The first-order valence-electron chi connectivity index (χ1n) is 6.85. The van der Waals surface area contributed by atoms with E-state index < -0.39 is 0 Å². The molecule has 0 bridgehead atoms. The van der Waals surface area contributed by atoms with E-state index in [1.807, 2.05) is 30.2 Å². The molecular weight excluding hydrogens is 238 g/mol. The minimum atomic E-state index is 0.858. The quantitative estimate of drug-likeness (QED) is 0.866. The Balaban J connectivity index is 2.33. The van der Waals surface area contributed by atoms with Gasteiger partial charge in [0.05, 0.1) is 11.9 Å². The molecule has 2 rings (SSSR count). The molecule has 0 unspecified atom stereocenters. The summed E-state index contributed by atoms with van der Waals surface area (Å²) in [4.78, 5) is 9.07. The molecule has 0 aliphatic rings. The Morgan fingerprint density at radius 1 is 1.21 bits per heavy atom. The van der Waals surface area contributed by atoms with Crippen molar-refractivity contribution < 1.29 is 0 Å². The molecule has 1 N–H and O–H groups in total. The highest BCUT2D eigenvalue weighted by Gasteiger charge is 2.07. The maximum atomic E-state index is 4.61. The molecule has 0 fully saturated rings. The van der Waals surface area contributed by atoms with Gasteiger partial charge in [-0.1, -0.05) is 13.8 Å². The molecule has 0 saturated heterocycles. The van der Waals surface area contributed by atoms with E-state index in [2.05, 4.69) is 34.2 Å². The maximum Gasteiger partial charge on any atom is 0.131 e. The van der Waals surface area contributed by atoms with Gasteiger partial charge in [0.25, 0.3) is 0 Å². The molecule has 0 aliphatic carbocycles. The van der Waals surface area contributed by atoms with Gasteiger partial charge in [0.2, 0.25) is 0 Å². The van der Waals surface area contributed by atoms with Gasteiger partial charge in [-0.3, -0.25) is 4.68 Å². The first-order chi connectivity index (χ1) is 9.26. The number of nitrogens with one attached hydrogen (secondary N) is 1. The first-order valence-corrected chi connectivity index (χ1v) is 6.85. The van der Waals surface area contributed by atoms with E-state index in [9.17, 15) is 0 Å². The fourth-order valence-electron chi connectivity index (χ4n) is 1.96. The Hall–Kier alpha value is -1.91. The summed E-state index contributed by atoms with van der Waals surface area (Å²) < 4.78 is 1.95. The fraction of sp³-hybridized carbons (Fsp3) is 0.500. The van der Waals surface area contributed by atoms with Gasteiger partial charge in [0, 0.05) is 37.8 Å². The van der Waals surface area contributed by atoms with Crippen LogP contribution in [0.25, 0.3) is 11.3 Å². The molecule has 2 heterocycles. The van der Waals surface area contributed by atoms with Crippen LogP contribution in [0.5, 0.6) is 0 Å². The molecule has 19 heavy (non-hydrogen) atoms. The maximum absolute atomic E-state index is 4.61. The molecule has 0 aliphatic heterocycles. The third kappa shape index (κ3) is 3.30. The van der Waals surface area contributed by atoms with Gasteiger partial charge in [-0.25, -0.2) is 9.97 Å². The van der Waals surface area contributed by atoms with Crippen molar-refractivity contribution in [2.24, 2.45) is 0 Å². The molecule has 0 aromatic carbocycles. The molecule has 0 amide bonds. The van der Waals surface area contributed by atoms with Gasteiger partial charge in [-0.15, -0.1) is 0 Å². The smallest absolute Gasteiger partial charge is 0.131 e. The van der Waals surface area contributed by atoms with Crippen molar-refractivity contribution in [1.29, 1.82) is 0 Å². The highest BCUT2D eigenvalue weighted by Crippen LogP contribution is 2.19. The Labute approximate surface area is 114 Å². The minimum absolute atomic E-state index is 0.858. The zero-order chi connectivity index (χ0) is 13.7. The highest BCUT2D eigenvalue weighted by atomic mass is 15.3. The van der Waals surface area contributed by atoms with E-state index >= 15 is 0 Å². The lowest BCUT2D eigenvalue weighted by Gasteiger charge is -2.05. The van der Waals surface area contributed by atoms with Gasteiger partial charge in [-0.2, -0.15) is 5.10 Å². The van der Waals surface area contributed by atoms with Crippen LogP contribution in [0.15, 0.2) is 18.5 Å². The Bertz CT molecular complexity index is 532. The highest BCUT2D eigenvalue weighted by molar-refractivity contribution is 5.60. The molecule has 2 aromatic rings. The zero-order valence-electron chi connectivity index (χ0n) is 11.8. The summed E-state index contributed by atoms with van der Waals surface area (Å²) >= 11 is 0. The molecule has 5 nitrogen and oxygen atoms in total. The number of hydrogen-bond acceptors (Lipinski definition) is 4. The van der Waals surface area contributed by atoms with Crippen molar-refractivity contribution in [3.8, 4) is 11.3 Å². The van der Waals surface area contributed by atoms with Gasteiger partial charge in [0.15, 0.2) is 0 Å². The minimum Gasteiger partial charge on any atom is -0.373 e. The van der Waals surface area contributed by atoms with Crippen molar-refractivity contribution >= 4 is 5.82 Å². The predicted molar refractivity (Wildman–Crippen MR) is 77.1 cm³/mol. The largest absolute Gasteiger partial charge is 0.373 e. The lowest BCUT2D eigenvalue weighted by molar-refractivity contribution is 0.603. The number of rotatable bonds is 6. The van der Waals surface area contributed by atoms with Crippen molar-refractivity contribution in [2.75, 3.05) is 12.4 Å². The van der Waals surface area contributed by atoms with E-state index in [1.54, 1.807) is 0 Å². The van der Waals surface area contributed by atoms with E-state index in [4.69, 9.17) is 0 Å². The molecule has 5 heteroatoms.